The third-order valence-electron chi connectivity index (χ3n) is 5.47. The van der Waals surface area contributed by atoms with Crippen molar-refractivity contribution in [3.05, 3.63) is 23.0 Å². The van der Waals surface area contributed by atoms with Crippen molar-refractivity contribution in [1.82, 2.24) is 24.0 Å². The molecule has 0 bridgehead atoms. The van der Waals surface area contributed by atoms with Crippen molar-refractivity contribution in [2.45, 2.75) is 52.0 Å². The second-order valence-electron chi connectivity index (χ2n) is 7.76. The van der Waals surface area contributed by atoms with Gasteiger partial charge in [-0.05, 0) is 39.2 Å². The Bertz CT molecular complexity index is 953. The molecule has 2 fully saturated rings. The maximum Gasteiger partial charge on any atom is 0.279 e. The predicted molar refractivity (Wildman–Crippen MR) is 115 cm³/mol. The molecule has 1 unspecified atom stereocenters. The molecule has 2 aliphatic rings. The normalized spacial score (nSPS) is 21.4. The van der Waals surface area contributed by atoms with Crippen LogP contribution in [0, 0.1) is 13.8 Å². The van der Waals surface area contributed by atoms with Gasteiger partial charge in [-0.2, -0.15) is 17.4 Å². The van der Waals surface area contributed by atoms with Crippen LogP contribution in [0.3, 0.4) is 0 Å². The average molecular weight is 437 g/mol. The van der Waals surface area contributed by atoms with Gasteiger partial charge in [0.2, 0.25) is 5.95 Å². The van der Waals surface area contributed by atoms with Crippen LogP contribution in [0.4, 0.5) is 5.95 Å². The van der Waals surface area contributed by atoms with Gasteiger partial charge in [-0.25, -0.2) is 15.0 Å². The molecule has 10 heteroatoms. The minimum Gasteiger partial charge on any atom is -0.339 e. The summed E-state index contributed by atoms with van der Waals surface area (Å²) in [5.41, 5.74) is 1.84. The molecule has 1 N–H and O–H groups in total. The Labute approximate surface area is 176 Å². The molecule has 2 saturated heterocycles. The van der Waals surface area contributed by atoms with Gasteiger partial charge in [0.05, 0.1) is 21.3 Å². The van der Waals surface area contributed by atoms with Crippen LogP contribution in [0.15, 0.2) is 12.3 Å². The summed E-state index contributed by atoms with van der Waals surface area (Å²) >= 11 is 1.63. The number of aryl methyl sites for hydroxylation is 2. The minimum atomic E-state index is -3.44. The van der Waals surface area contributed by atoms with Gasteiger partial charge < -0.3 is 4.90 Å². The topological polar surface area (TPSA) is 91.3 Å². The molecule has 1 atom stereocenters. The number of aromatic nitrogens is 3. The Hall–Kier alpha value is -1.62. The van der Waals surface area contributed by atoms with E-state index in [0.29, 0.717) is 25.6 Å². The zero-order valence-electron chi connectivity index (χ0n) is 17.0. The lowest BCUT2D eigenvalue weighted by molar-refractivity contribution is 0.409. The van der Waals surface area contributed by atoms with Crippen LogP contribution in [0.2, 0.25) is 0 Å². The average Bonchev–Trinajstić information content (AvgIpc) is 3.16. The molecule has 8 nitrogen and oxygen atoms in total. The van der Waals surface area contributed by atoms with Gasteiger partial charge in [0.15, 0.2) is 0 Å². The predicted octanol–water partition coefficient (Wildman–Crippen LogP) is 2.51. The fraction of sp³-hybridized carbons (Fsp3) is 0.632. The van der Waals surface area contributed by atoms with Crippen molar-refractivity contribution in [1.29, 1.82) is 0 Å². The molecule has 158 valence electrons. The molecule has 2 aromatic heterocycles. The molecule has 0 spiro atoms. The number of anilines is 1. The maximum absolute atomic E-state index is 12.8. The highest BCUT2D eigenvalue weighted by Gasteiger charge is 2.31. The van der Waals surface area contributed by atoms with Crippen molar-refractivity contribution in [3.8, 4) is 10.6 Å². The van der Waals surface area contributed by atoms with Gasteiger partial charge in [-0.1, -0.05) is 12.8 Å². The molecule has 0 aromatic carbocycles. The van der Waals surface area contributed by atoms with Gasteiger partial charge in [0.1, 0.15) is 0 Å². The zero-order chi connectivity index (χ0) is 20.4. The summed E-state index contributed by atoms with van der Waals surface area (Å²) in [5.74, 6) is 0.643. The Morgan fingerprint density at radius 2 is 1.86 bits per heavy atom. The van der Waals surface area contributed by atoms with E-state index >= 15 is 0 Å². The highest BCUT2D eigenvalue weighted by molar-refractivity contribution is 7.87. The molecular formula is C19H28N6O2S2. The lowest BCUT2D eigenvalue weighted by Crippen LogP contribution is -2.46. The largest absolute Gasteiger partial charge is 0.339 e. The third kappa shape index (κ3) is 4.76. The number of hydrogen-bond donors (Lipinski definition) is 1. The minimum absolute atomic E-state index is 0.122. The Morgan fingerprint density at radius 1 is 1.10 bits per heavy atom. The number of nitrogens with zero attached hydrogens (tertiary/aromatic N) is 5. The molecular weight excluding hydrogens is 408 g/mol. The molecule has 0 amide bonds. The van der Waals surface area contributed by atoms with E-state index in [4.69, 9.17) is 4.98 Å². The zero-order valence-corrected chi connectivity index (χ0v) is 18.6. The molecule has 2 aromatic rings. The summed E-state index contributed by atoms with van der Waals surface area (Å²) in [4.78, 5) is 16.8. The van der Waals surface area contributed by atoms with E-state index in [0.717, 1.165) is 59.9 Å². The van der Waals surface area contributed by atoms with Gasteiger partial charge in [-0.3, -0.25) is 0 Å². The summed E-state index contributed by atoms with van der Waals surface area (Å²) in [5, 5.41) is 1.02. The molecule has 0 radical (unpaired) electrons. The van der Waals surface area contributed by atoms with E-state index in [9.17, 15) is 8.42 Å². The Kier molecular flexibility index (Phi) is 6.14. The SMILES string of the molecule is Cc1nc(C)c(-c2ccnc(N3CCC(NS(=O)(=O)N4CCCCCC4)C3)n2)s1. The fourth-order valence-electron chi connectivity index (χ4n) is 4.00. The first kappa shape index (κ1) is 20.6. The number of nitrogens with one attached hydrogen (secondary N) is 1. The second kappa shape index (κ2) is 8.63. The van der Waals surface area contributed by atoms with Gasteiger partial charge in [0, 0.05) is 38.4 Å². The van der Waals surface area contributed by atoms with Gasteiger partial charge in [-0.15, -0.1) is 11.3 Å². The second-order valence-corrected chi connectivity index (χ2v) is 10.7. The van der Waals surface area contributed by atoms with Crippen molar-refractivity contribution in [2.75, 3.05) is 31.1 Å². The van der Waals surface area contributed by atoms with Crippen molar-refractivity contribution in [2.24, 2.45) is 0 Å². The smallest absolute Gasteiger partial charge is 0.279 e. The molecule has 0 saturated carbocycles. The Morgan fingerprint density at radius 3 is 2.55 bits per heavy atom. The first-order chi connectivity index (χ1) is 13.9. The van der Waals surface area contributed by atoms with Crippen molar-refractivity contribution < 1.29 is 8.42 Å². The highest BCUT2D eigenvalue weighted by Crippen LogP contribution is 2.29. The van der Waals surface area contributed by atoms with E-state index in [1.54, 1.807) is 21.8 Å². The van der Waals surface area contributed by atoms with E-state index in [1.807, 2.05) is 19.9 Å². The molecule has 4 rings (SSSR count). The Balaban J connectivity index is 1.43. The first-order valence-electron chi connectivity index (χ1n) is 10.2. The molecule has 29 heavy (non-hydrogen) atoms. The van der Waals surface area contributed by atoms with Gasteiger partial charge in [0.25, 0.3) is 10.2 Å². The number of thiazole rings is 1. The monoisotopic (exact) mass is 436 g/mol. The molecule has 2 aliphatic heterocycles. The summed E-state index contributed by atoms with van der Waals surface area (Å²) in [6.07, 6.45) is 6.61. The molecule has 0 aliphatic carbocycles. The lowest BCUT2D eigenvalue weighted by Gasteiger charge is -2.23. The quantitative estimate of drug-likeness (QED) is 0.774. The van der Waals surface area contributed by atoms with Crippen LogP contribution < -0.4 is 9.62 Å². The summed E-state index contributed by atoms with van der Waals surface area (Å²) < 4.78 is 30.1. The summed E-state index contributed by atoms with van der Waals surface area (Å²) in [7, 11) is -3.44. The lowest BCUT2D eigenvalue weighted by atomic mass is 10.2. The van der Waals surface area contributed by atoms with Crippen LogP contribution in [0.1, 0.15) is 42.8 Å². The van der Waals surface area contributed by atoms with E-state index < -0.39 is 10.2 Å². The van der Waals surface area contributed by atoms with E-state index in [-0.39, 0.29) is 6.04 Å². The first-order valence-corrected chi connectivity index (χ1v) is 12.5. The van der Waals surface area contributed by atoms with E-state index in [2.05, 4.69) is 19.6 Å². The highest BCUT2D eigenvalue weighted by atomic mass is 32.2. The third-order valence-corrected chi connectivity index (χ3v) is 8.24. The van der Waals surface area contributed by atoms with Gasteiger partial charge >= 0.3 is 0 Å². The van der Waals surface area contributed by atoms with Crippen LogP contribution >= 0.6 is 11.3 Å². The standard InChI is InChI=1S/C19H28N6O2S2/c1-14-18(28-15(2)21-14)17-7-9-20-19(22-17)24-12-8-16(13-24)23-29(26,27)25-10-5-3-4-6-11-25/h7,9,16,23H,3-6,8,10-13H2,1-2H3. The number of rotatable bonds is 5. The van der Waals surface area contributed by atoms with E-state index in [1.165, 1.54) is 0 Å². The van der Waals surface area contributed by atoms with Crippen molar-refractivity contribution >= 4 is 27.5 Å². The van der Waals surface area contributed by atoms with Crippen LogP contribution in [0.25, 0.3) is 10.6 Å². The summed E-state index contributed by atoms with van der Waals surface area (Å²) in [6.45, 7) is 6.53. The van der Waals surface area contributed by atoms with Crippen LogP contribution in [-0.2, 0) is 10.2 Å². The van der Waals surface area contributed by atoms with Crippen molar-refractivity contribution in [3.63, 3.8) is 0 Å². The van der Waals surface area contributed by atoms with Crippen LogP contribution in [0.5, 0.6) is 0 Å². The maximum atomic E-state index is 12.8. The fourth-order valence-corrected chi connectivity index (χ4v) is 6.39. The van der Waals surface area contributed by atoms with Crippen LogP contribution in [-0.4, -0.2) is 59.9 Å². The molecule has 4 heterocycles. The number of hydrogen-bond acceptors (Lipinski definition) is 7. The summed E-state index contributed by atoms with van der Waals surface area (Å²) in [6, 6.07) is 1.78.